The summed E-state index contributed by atoms with van der Waals surface area (Å²) >= 11 is 0. The van der Waals surface area contributed by atoms with Gasteiger partial charge in [-0.05, 0) is 0 Å². The second kappa shape index (κ2) is 8.44. The van der Waals surface area contributed by atoms with Gasteiger partial charge in [-0.3, -0.25) is 4.52 Å². The van der Waals surface area contributed by atoms with Gasteiger partial charge in [-0.15, -0.1) is 12.4 Å². The molecule has 0 aliphatic carbocycles. The third-order valence-corrected chi connectivity index (χ3v) is 7.30. The van der Waals surface area contributed by atoms with Crippen LogP contribution in [0.2, 0.25) is 0 Å². The van der Waals surface area contributed by atoms with Crippen molar-refractivity contribution in [2.24, 2.45) is 0 Å². The number of nitrogens with zero attached hydrogens (tertiary/aromatic N) is 2. The van der Waals surface area contributed by atoms with E-state index in [-0.39, 0.29) is 24.2 Å². The predicted molar refractivity (Wildman–Crippen MR) is 90.2 cm³/mol. The van der Waals surface area contributed by atoms with Crippen molar-refractivity contribution in [3.8, 4) is 6.01 Å². The lowest BCUT2D eigenvalue weighted by molar-refractivity contribution is -0.746. The zero-order chi connectivity index (χ0) is 20.9. The van der Waals surface area contributed by atoms with Gasteiger partial charge in [-0.1, -0.05) is 0 Å². The first kappa shape index (κ1) is 24.6. The average molecular weight is 503 g/mol. The molecule has 0 spiro atoms. The number of halogens is 1. The van der Waals surface area contributed by atoms with Crippen LogP contribution in [-0.4, -0.2) is 54.6 Å². The number of ether oxygens (including phenoxy) is 2. The van der Waals surface area contributed by atoms with Crippen LogP contribution in [0.3, 0.4) is 0 Å². The number of aromatic nitrogens is 2. The molecule has 1 saturated heterocycles. The average Bonchev–Trinajstić information content (AvgIpc) is 2.98. The van der Waals surface area contributed by atoms with Crippen molar-refractivity contribution in [2.45, 2.75) is 24.5 Å². The van der Waals surface area contributed by atoms with E-state index >= 15 is 0 Å². The number of hydrogen-bond donors (Lipinski definition) is 6. The number of nitrogens with two attached hydrogens (primary N) is 1. The monoisotopic (exact) mass is 502 g/mol. The Labute approximate surface area is 168 Å². The lowest BCUT2D eigenvalue weighted by atomic mass is 10.1. The second-order valence-corrected chi connectivity index (χ2v) is 9.99. The van der Waals surface area contributed by atoms with E-state index in [4.69, 9.17) is 29.9 Å². The minimum absolute atomic E-state index is 0. The van der Waals surface area contributed by atoms with Gasteiger partial charge < -0.3 is 39.9 Å². The molecule has 29 heavy (non-hydrogen) atoms. The Bertz CT molecular complexity index is 913. The predicted octanol–water partition coefficient (Wildman–Crippen LogP) is -1.26. The molecule has 0 amide bonds. The Morgan fingerprint density at radius 3 is 2.45 bits per heavy atom. The summed E-state index contributed by atoms with van der Waals surface area (Å²) in [5, 5.41) is 10.2. The van der Waals surface area contributed by atoms with Gasteiger partial charge in [0.25, 0.3) is 0 Å². The molecule has 0 bridgehead atoms. The van der Waals surface area contributed by atoms with Crippen molar-refractivity contribution >= 4 is 41.7 Å². The summed E-state index contributed by atoms with van der Waals surface area (Å²) in [6.07, 6.45) is -2.89. The van der Waals surface area contributed by atoms with Crippen LogP contribution in [0.25, 0.3) is 0 Å². The van der Waals surface area contributed by atoms with Gasteiger partial charge in [-0.2, -0.15) is 13.2 Å². The minimum Gasteiger partial charge on any atom is -0.414 e. The zero-order valence-electron chi connectivity index (χ0n) is 13.9. The molecule has 0 aromatic carbocycles. The molecule has 3 rings (SSSR count). The van der Waals surface area contributed by atoms with E-state index in [1.807, 2.05) is 0 Å². The summed E-state index contributed by atoms with van der Waals surface area (Å²) in [7, 11) is -16.5. The molecule has 1 fully saturated rings. The number of aliphatic hydroxyl groups is 1. The van der Waals surface area contributed by atoms with Crippen molar-refractivity contribution in [3.05, 3.63) is 12.3 Å². The topological polar surface area (TPSA) is 241 Å². The van der Waals surface area contributed by atoms with Gasteiger partial charge >= 0.3 is 29.5 Å². The number of rotatable bonds is 7. The van der Waals surface area contributed by atoms with Gasteiger partial charge in [0.15, 0.2) is 0 Å². The lowest BCUT2D eigenvalue weighted by Gasteiger charge is -2.19. The Kier molecular flexibility index (Phi) is 7.15. The molecule has 6 atom stereocenters. The highest BCUT2D eigenvalue weighted by atomic mass is 35.5. The van der Waals surface area contributed by atoms with E-state index in [0.717, 1.165) is 0 Å². The molecule has 1 aromatic heterocycles. The first-order chi connectivity index (χ1) is 12.8. The number of phosphoric ester groups is 1. The van der Waals surface area contributed by atoms with Gasteiger partial charge in [0, 0.05) is 11.1 Å². The smallest absolute Gasteiger partial charge is 0.414 e. The van der Waals surface area contributed by atoms with E-state index in [1.54, 1.807) is 0 Å². The van der Waals surface area contributed by atoms with Gasteiger partial charge in [-0.25, -0.2) is 13.7 Å². The van der Waals surface area contributed by atoms with Crippen molar-refractivity contribution in [1.82, 2.24) is 4.98 Å². The Morgan fingerprint density at radius 2 is 1.83 bits per heavy atom. The van der Waals surface area contributed by atoms with Crippen LogP contribution in [0.5, 0.6) is 6.01 Å². The number of fused-ring (bicyclic) bond motifs is 3. The SMILES string of the molecule is Cl.Nc1cc[n+]2c(n1)OC1C(O)C(COP(=O)(O)OP(=O)(O)OP(=O)(O)O)OC12. The van der Waals surface area contributed by atoms with E-state index in [2.05, 4.69) is 18.1 Å². The third-order valence-electron chi connectivity index (χ3n) is 3.50. The summed E-state index contributed by atoms with van der Waals surface area (Å²) in [5.41, 5.74) is 5.52. The first-order valence-electron chi connectivity index (χ1n) is 7.22. The molecular weight excluding hydrogens is 486 g/mol. The minimum atomic E-state index is -5.63. The highest BCUT2D eigenvalue weighted by Crippen LogP contribution is 2.66. The molecule has 2 aliphatic heterocycles. The molecule has 166 valence electrons. The van der Waals surface area contributed by atoms with Gasteiger partial charge in [0.2, 0.25) is 18.1 Å². The molecule has 7 N–H and O–H groups in total. The van der Waals surface area contributed by atoms with Crippen LogP contribution in [0.1, 0.15) is 6.23 Å². The molecule has 16 nitrogen and oxygen atoms in total. The molecule has 6 unspecified atom stereocenters. The maximum atomic E-state index is 11.7. The van der Waals surface area contributed by atoms with Crippen LogP contribution in [0.4, 0.5) is 5.82 Å². The molecule has 0 saturated carbocycles. The summed E-state index contributed by atoms with van der Waals surface area (Å²) in [4.78, 5) is 39.3. The second-order valence-electron chi connectivity index (χ2n) is 5.57. The summed E-state index contributed by atoms with van der Waals surface area (Å²) in [6, 6.07) is 1.53. The van der Waals surface area contributed by atoms with Gasteiger partial charge in [0.05, 0.1) is 6.61 Å². The summed E-state index contributed by atoms with van der Waals surface area (Å²) in [5.74, 6) is 0.171. The molecule has 3 heterocycles. The highest BCUT2D eigenvalue weighted by molar-refractivity contribution is 7.66. The maximum absolute atomic E-state index is 11.7. The fourth-order valence-corrected chi connectivity index (χ4v) is 5.54. The molecule has 1 aromatic rings. The number of hydrogen-bond acceptors (Lipinski definition) is 11. The number of aliphatic hydroxyl groups excluding tert-OH is 1. The fraction of sp³-hybridized carbons (Fsp3) is 0.556. The van der Waals surface area contributed by atoms with Crippen LogP contribution in [0, 0.1) is 0 Å². The third kappa shape index (κ3) is 5.93. The highest BCUT2D eigenvalue weighted by Gasteiger charge is 2.56. The largest absolute Gasteiger partial charge is 0.503 e. The molecule has 0 radical (unpaired) electrons. The van der Waals surface area contributed by atoms with Crippen molar-refractivity contribution in [2.75, 3.05) is 12.3 Å². The first-order valence-corrected chi connectivity index (χ1v) is 11.7. The molecule has 2 aliphatic rings. The van der Waals surface area contributed by atoms with E-state index < -0.39 is 54.6 Å². The number of anilines is 1. The van der Waals surface area contributed by atoms with E-state index in [1.165, 1.54) is 16.8 Å². The zero-order valence-corrected chi connectivity index (χ0v) is 17.4. The fourth-order valence-electron chi connectivity index (χ4n) is 2.51. The quantitative estimate of drug-likeness (QED) is 0.188. The van der Waals surface area contributed by atoms with E-state index in [0.29, 0.717) is 0 Å². The number of phosphoric acid groups is 3. The Hall–Kier alpha value is -0.700. The van der Waals surface area contributed by atoms with Crippen molar-refractivity contribution in [1.29, 1.82) is 0 Å². The summed E-state index contributed by atoms with van der Waals surface area (Å²) in [6.45, 7) is -0.806. The van der Waals surface area contributed by atoms with Crippen molar-refractivity contribution in [3.63, 3.8) is 0 Å². The van der Waals surface area contributed by atoms with Crippen LogP contribution in [0.15, 0.2) is 12.3 Å². The Balaban J connectivity index is 0.00000300. The standard InChI is InChI=1S/C9H14N3O13P3.ClH/c10-5-1-2-12-8-7(23-9(12)11-5)6(13)4(22-8)3-21-27(17,18)25-28(19,20)24-26(14,15)16;/h1-2,4,6-8,10,13H,3H2,(H4,14,15,16,17,18,19,20);1H/p+1. The van der Waals surface area contributed by atoms with Crippen LogP contribution >= 0.6 is 35.9 Å². The molecular formula is C9H16ClN3O13P3+. The van der Waals surface area contributed by atoms with E-state index in [9.17, 15) is 23.7 Å². The van der Waals surface area contributed by atoms with Crippen molar-refractivity contribution < 1.29 is 65.6 Å². The Morgan fingerprint density at radius 1 is 1.17 bits per heavy atom. The normalized spacial score (nSPS) is 29.7. The van der Waals surface area contributed by atoms with Crippen LogP contribution < -0.4 is 15.0 Å². The van der Waals surface area contributed by atoms with Gasteiger partial charge in [0.1, 0.15) is 18.4 Å². The maximum Gasteiger partial charge on any atom is 0.503 e. The molecule has 20 heteroatoms. The van der Waals surface area contributed by atoms with Crippen LogP contribution in [-0.2, 0) is 31.6 Å². The summed E-state index contributed by atoms with van der Waals surface area (Å²) < 4.78 is 57.4. The lowest BCUT2D eigenvalue weighted by Crippen LogP contribution is -2.39. The number of nitrogen functional groups attached to an aromatic ring is 1.